The van der Waals surface area contributed by atoms with E-state index in [0.29, 0.717) is 0 Å². The first-order chi connectivity index (χ1) is 7.18. The third kappa shape index (κ3) is 288. The zero-order chi connectivity index (χ0) is 13.7. The Hall–Kier alpha value is -0.196. The topological polar surface area (TPSA) is 98.0 Å². The molecule has 0 rings (SSSR count). The van der Waals surface area contributed by atoms with Crippen molar-refractivity contribution in [3.05, 3.63) is 19.1 Å². The maximum atomic E-state index is 9.51. The van der Waals surface area contributed by atoms with E-state index < -0.39 is 5.97 Å². The number of rotatable bonds is 1. The molecule has 0 aromatic heterocycles. The second-order valence-corrected chi connectivity index (χ2v) is 1.34. The second kappa shape index (κ2) is 83.7. The number of hydrogen-bond acceptors (Lipinski definition) is 4. The third-order valence-electron chi connectivity index (χ3n) is 0.309. The molecule has 0 atom stereocenters. The van der Waals surface area contributed by atoms with Gasteiger partial charge in [0, 0.05) is 49.1 Å². The number of hydrogen-bond donors (Lipinski definition) is 4. The molecule has 4 N–H and O–H groups in total. The predicted molar refractivity (Wildman–Crippen MR) is 62.5 cm³/mol. The molecule has 0 fully saturated rings. The van der Waals surface area contributed by atoms with Gasteiger partial charge in [-0.25, -0.2) is 4.79 Å². The van der Waals surface area contributed by atoms with Crippen LogP contribution in [0.25, 0.3) is 0 Å². The van der Waals surface area contributed by atoms with Crippen molar-refractivity contribution in [2.45, 2.75) is 20.3 Å². The average molecular weight is 273 g/mol. The average Bonchev–Trinajstić information content (AvgIpc) is 2.27. The molecule has 0 aliphatic heterocycles. The summed E-state index contributed by atoms with van der Waals surface area (Å²) in [6, 6.07) is 0. The van der Waals surface area contributed by atoms with E-state index in [2.05, 4.69) is 6.92 Å². The minimum atomic E-state index is -0.891. The Bertz CT molecular complexity index is 97.2. The molecule has 0 aliphatic carbocycles. The smallest absolute Gasteiger partial charge is 0.327 e. The van der Waals surface area contributed by atoms with Gasteiger partial charge in [0.05, 0.1) is 0 Å². The number of carbonyl (C=O) groups is 1. The van der Waals surface area contributed by atoms with E-state index in [4.69, 9.17) is 20.4 Å². The monoisotopic (exact) mass is 273 g/mol. The summed E-state index contributed by atoms with van der Waals surface area (Å²) in [6.07, 6.45) is 3.56. The van der Waals surface area contributed by atoms with Gasteiger partial charge in [0.25, 0.3) is 0 Å². The van der Waals surface area contributed by atoms with Crippen LogP contribution in [0.4, 0.5) is 0 Å². The van der Waals surface area contributed by atoms with Gasteiger partial charge in [-0.15, -0.1) is 0 Å². The zero-order valence-corrected chi connectivity index (χ0v) is 12.3. The van der Waals surface area contributed by atoms with Gasteiger partial charge >= 0.3 is 5.97 Å². The fourth-order valence-corrected chi connectivity index (χ4v) is 0.143. The van der Waals surface area contributed by atoms with Gasteiger partial charge in [-0.1, -0.05) is 13.0 Å². The molecule has 0 aromatic rings. The molecule has 100 valence electrons. The molecule has 0 heterocycles. The number of aliphatic hydroxyl groups is 3. The van der Waals surface area contributed by atoms with Crippen molar-refractivity contribution >= 4 is 5.97 Å². The molecule has 0 aliphatic rings. The Kier molecular flexibility index (Phi) is 189. The second-order valence-electron chi connectivity index (χ2n) is 1.34. The molecule has 0 aromatic carbocycles. The van der Waals surface area contributed by atoms with E-state index >= 15 is 0 Å². The van der Waals surface area contributed by atoms with Crippen molar-refractivity contribution in [1.29, 1.82) is 0 Å². The van der Waals surface area contributed by atoms with Crippen molar-refractivity contribution in [2.75, 3.05) is 21.3 Å². The Balaban J connectivity index is -0.0000000217. The fourth-order valence-electron chi connectivity index (χ4n) is 0.143. The molecule has 16 heavy (non-hydrogen) atoms. The Labute approximate surface area is 114 Å². The van der Waals surface area contributed by atoms with E-state index in [1.807, 2.05) is 6.92 Å². The van der Waals surface area contributed by atoms with Crippen LogP contribution >= 0.6 is 0 Å². The van der Waals surface area contributed by atoms with Crippen LogP contribution in [0.5, 0.6) is 0 Å². The largest absolute Gasteiger partial charge is 0.478 e. The molecular weight excluding hydrogens is 248 g/mol. The van der Waals surface area contributed by atoms with Gasteiger partial charge in [0.15, 0.2) is 0 Å². The summed E-state index contributed by atoms with van der Waals surface area (Å²) in [5.74, 6) is -0.891. The summed E-state index contributed by atoms with van der Waals surface area (Å²) in [7, 11) is 3.00. The number of carboxylic acid groups (broad SMARTS) is 1. The van der Waals surface area contributed by atoms with Crippen molar-refractivity contribution in [1.82, 2.24) is 0 Å². The predicted octanol–water partition coefficient (Wildman–Crippen LogP) is 0.701. The molecule has 0 saturated heterocycles. The summed E-state index contributed by atoms with van der Waals surface area (Å²) in [5.41, 5.74) is 0. The van der Waals surface area contributed by atoms with Crippen molar-refractivity contribution in [3.63, 3.8) is 0 Å². The van der Waals surface area contributed by atoms with Gasteiger partial charge in [-0.2, -0.15) is 6.42 Å². The Morgan fingerprint density at radius 1 is 1.12 bits per heavy atom. The van der Waals surface area contributed by atoms with Crippen molar-refractivity contribution < 1.29 is 46.9 Å². The fraction of sp³-hybridized carbons (Fsp3) is 0.600. The molecule has 0 saturated carbocycles. The van der Waals surface area contributed by atoms with Gasteiger partial charge in [0.1, 0.15) is 0 Å². The van der Waals surface area contributed by atoms with Crippen LogP contribution in [0.15, 0.2) is 12.2 Å². The van der Waals surface area contributed by atoms with Gasteiger partial charge in [-0.05, 0) is 6.92 Å². The van der Waals surface area contributed by atoms with Crippen LogP contribution in [0.3, 0.4) is 0 Å². The van der Waals surface area contributed by atoms with Crippen LogP contribution in [-0.2, 0) is 26.5 Å². The van der Waals surface area contributed by atoms with Crippen LogP contribution in [-0.4, -0.2) is 47.7 Å². The standard InChI is InChI=1S/C4H6O2.C3H7.3CH4O.Ti/c1-2-3-4(5)6;1-3-2;3*1-2;/h2-3H,1H3,(H,5,6);1,3H2,2H3;3*2H,1H3;/q;-1;;;;. The molecule has 0 bridgehead atoms. The third-order valence-corrected chi connectivity index (χ3v) is 0.309. The number of allylic oxidation sites excluding steroid dienone is 1. The van der Waals surface area contributed by atoms with E-state index in [1.54, 1.807) is 6.92 Å². The van der Waals surface area contributed by atoms with Crippen molar-refractivity contribution in [3.8, 4) is 0 Å². The van der Waals surface area contributed by atoms with Gasteiger partial charge < -0.3 is 27.3 Å². The first-order valence-corrected chi connectivity index (χ1v) is 4.18. The van der Waals surface area contributed by atoms with Crippen molar-refractivity contribution in [2.24, 2.45) is 0 Å². The summed E-state index contributed by atoms with van der Waals surface area (Å²) in [6.45, 7) is 7.16. The summed E-state index contributed by atoms with van der Waals surface area (Å²) in [4.78, 5) is 9.51. The van der Waals surface area contributed by atoms with E-state index in [1.165, 1.54) is 6.08 Å². The molecular formula is C10H25O5Ti-. The number of carboxylic acids is 1. The molecule has 0 spiro atoms. The molecule has 0 amide bonds. The van der Waals surface area contributed by atoms with Crippen LogP contribution < -0.4 is 0 Å². The summed E-state index contributed by atoms with van der Waals surface area (Å²) < 4.78 is 0. The maximum Gasteiger partial charge on any atom is 0.327 e. The summed E-state index contributed by atoms with van der Waals surface area (Å²) >= 11 is 0. The Morgan fingerprint density at radius 3 is 1.31 bits per heavy atom. The molecule has 5 nitrogen and oxygen atoms in total. The van der Waals surface area contributed by atoms with E-state index in [0.717, 1.165) is 33.8 Å². The molecule has 0 unspecified atom stereocenters. The van der Waals surface area contributed by atoms with Crippen LogP contribution in [0.2, 0.25) is 0 Å². The number of aliphatic carboxylic acids is 1. The minimum absolute atomic E-state index is 0. The van der Waals surface area contributed by atoms with Gasteiger partial charge in [-0.3, -0.25) is 0 Å². The van der Waals surface area contributed by atoms with Gasteiger partial charge in [0.2, 0.25) is 0 Å². The first-order valence-electron chi connectivity index (χ1n) is 4.18. The van der Waals surface area contributed by atoms with Crippen LogP contribution in [0.1, 0.15) is 20.3 Å². The first kappa shape index (κ1) is 36.0. The summed E-state index contributed by atoms with van der Waals surface area (Å²) in [5, 5.41) is 28.8. The maximum absolute atomic E-state index is 9.51. The molecule has 0 radical (unpaired) electrons. The normalized spacial score (nSPS) is 5.81. The SMILES string of the molecule is CC=CC(=O)O.CO.CO.CO.[CH2-]CC.[Ti]. The van der Waals surface area contributed by atoms with E-state index in [-0.39, 0.29) is 21.7 Å². The Morgan fingerprint density at radius 2 is 1.31 bits per heavy atom. The minimum Gasteiger partial charge on any atom is -0.478 e. The number of aliphatic hydroxyl groups excluding tert-OH is 3. The zero-order valence-electron chi connectivity index (χ0n) is 10.8. The quantitative estimate of drug-likeness (QED) is 0.320. The van der Waals surface area contributed by atoms with E-state index in [9.17, 15) is 4.79 Å². The van der Waals surface area contributed by atoms with Crippen LogP contribution in [0, 0.1) is 6.92 Å². The molecule has 6 heteroatoms.